The number of carbonyl (C=O) groups excluding carboxylic acids is 3. The second-order valence-electron chi connectivity index (χ2n) is 10.4. The maximum atomic E-state index is 13.8. The minimum Gasteiger partial charge on any atom is -0.478 e. The van der Waals surface area contributed by atoms with Gasteiger partial charge in [0, 0.05) is 50.2 Å². The van der Waals surface area contributed by atoms with Crippen LogP contribution in [-0.4, -0.2) is 85.5 Å². The van der Waals surface area contributed by atoms with Gasteiger partial charge in [-0.1, -0.05) is 36.4 Å². The van der Waals surface area contributed by atoms with Crippen molar-refractivity contribution < 1.29 is 24.3 Å². The average molecular weight is 584 g/mol. The monoisotopic (exact) mass is 583 g/mol. The molecule has 0 unspecified atom stereocenters. The number of nitrogens with two attached hydrogens (primary N) is 1. The van der Waals surface area contributed by atoms with E-state index in [9.17, 15) is 24.3 Å². The van der Waals surface area contributed by atoms with E-state index >= 15 is 0 Å². The lowest BCUT2D eigenvalue weighted by molar-refractivity contribution is -0.119. The van der Waals surface area contributed by atoms with E-state index < -0.39 is 17.9 Å². The van der Waals surface area contributed by atoms with E-state index in [1.165, 1.54) is 18.2 Å². The third-order valence-electron chi connectivity index (χ3n) is 7.66. The molecule has 2 aliphatic heterocycles. The number of carboxylic acid groups (broad SMARTS) is 1. The van der Waals surface area contributed by atoms with Gasteiger partial charge in [-0.25, -0.2) is 20.3 Å². The van der Waals surface area contributed by atoms with Crippen LogP contribution in [0.3, 0.4) is 0 Å². The molecule has 0 aromatic heterocycles. The molecule has 3 aromatic carbocycles. The van der Waals surface area contributed by atoms with Crippen molar-refractivity contribution in [1.29, 1.82) is 0 Å². The van der Waals surface area contributed by atoms with Gasteiger partial charge in [0.05, 0.1) is 29.1 Å². The number of likely N-dealkylation sites (N-methyl/N-ethyl adjacent to an activating group) is 2. The number of aromatic carboxylic acids is 1. The summed E-state index contributed by atoms with van der Waals surface area (Å²) >= 11 is 0. The normalized spacial score (nSPS) is 16.4. The highest BCUT2D eigenvalue weighted by Crippen LogP contribution is 2.42. The van der Waals surface area contributed by atoms with Crippen molar-refractivity contribution >= 4 is 52.1 Å². The first kappa shape index (κ1) is 29.5. The molecular weight excluding hydrogens is 550 g/mol. The second-order valence-corrected chi connectivity index (χ2v) is 10.4. The Hall–Kier alpha value is -5.04. The number of urea groups is 1. The number of amides is 4. The van der Waals surface area contributed by atoms with Crippen LogP contribution >= 0.6 is 0 Å². The van der Waals surface area contributed by atoms with E-state index in [0.29, 0.717) is 34.7 Å². The maximum absolute atomic E-state index is 13.8. The van der Waals surface area contributed by atoms with Gasteiger partial charge in [-0.3, -0.25) is 19.9 Å². The van der Waals surface area contributed by atoms with Crippen LogP contribution in [0, 0.1) is 0 Å². The van der Waals surface area contributed by atoms with Crippen molar-refractivity contribution in [2.75, 3.05) is 61.9 Å². The Bertz CT molecular complexity index is 1580. The summed E-state index contributed by atoms with van der Waals surface area (Å²) in [6.45, 7) is 3.89. The smallest absolute Gasteiger partial charge is 0.343 e. The molecule has 3 aromatic rings. The Morgan fingerprint density at radius 1 is 0.930 bits per heavy atom. The van der Waals surface area contributed by atoms with Crippen LogP contribution in [0.1, 0.15) is 21.5 Å². The van der Waals surface area contributed by atoms with Crippen molar-refractivity contribution in [3.05, 3.63) is 89.5 Å². The summed E-state index contributed by atoms with van der Waals surface area (Å²) in [6, 6.07) is 19.6. The van der Waals surface area contributed by atoms with Gasteiger partial charge in [-0.15, -0.1) is 0 Å². The van der Waals surface area contributed by atoms with E-state index in [-0.39, 0.29) is 22.7 Å². The third-order valence-corrected chi connectivity index (χ3v) is 7.66. The highest BCUT2D eigenvalue weighted by molar-refractivity contribution is 6.43. The molecule has 2 aliphatic rings. The van der Waals surface area contributed by atoms with Crippen LogP contribution in [0.15, 0.2) is 72.8 Å². The zero-order chi connectivity index (χ0) is 30.7. The largest absolute Gasteiger partial charge is 0.478 e. The zero-order valence-corrected chi connectivity index (χ0v) is 23.9. The van der Waals surface area contributed by atoms with Crippen LogP contribution in [0.2, 0.25) is 0 Å². The highest BCUT2D eigenvalue weighted by atomic mass is 16.4. The van der Waals surface area contributed by atoms with Crippen molar-refractivity contribution in [2.24, 2.45) is 5.84 Å². The molecule has 1 fully saturated rings. The molecule has 0 bridgehead atoms. The Kier molecular flexibility index (Phi) is 8.53. The van der Waals surface area contributed by atoms with Gasteiger partial charge in [-0.05, 0) is 49.0 Å². The molecule has 5 N–H and O–H groups in total. The predicted octanol–water partition coefficient (Wildman–Crippen LogP) is 2.51. The van der Waals surface area contributed by atoms with E-state index in [0.717, 1.165) is 31.1 Å². The first-order valence-corrected chi connectivity index (χ1v) is 13.7. The van der Waals surface area contributed by atoms with Crippen molar-refractivity contribution in [3.63, 3.8) is 0 Å². The topological polar surface area (TPSA) is 152 Å². The number of hydrogen-bond acceptors (Lipinski definition) is 8. The van der Waals surface area contributed by atoms with Crippen molar-refractivity contribution in [3.8, 4) is 0 Å². The van der Waals surface area contributed by atoms with Gasteiger partial charge in [0.25, 0.3) is 5.91 Å². The number of carboxylic acids is 1. The summed E-state index contributed by atoms with van der Waals surface area (Å²) in [5.41, 5.74) is 4.96. The number of rotatable bonds is 7. The lowest BCUT2D eigenvalue weighted by Gasteiger charge is -2.32. The van der Waals surface area contributed by atoms with Crippen LogP contribution in [0.25, 0.3) is 11.3 Å². The SMILES string of the molecule is CN1CCN(CC(=O)N(C)c2ccc(N/C(=C3\C(=O)N(C(=O)NN)c4cc(C(=O)O)ccc43)c3ccccc3)cc2)CC1. The van der Waals surface area contributed by atoms with E-state index in [1.807, 2.05) is 47.9 Å². The van der Waals surface area contributed by atoms with Crippen LogP contribution in [-0.2, 0) is 9.59 Å². The predicted molar refractivity (Wildman–Crippen MR) is 164 cm³/mol. The number of anilines is 3. The van der Waals surface area contributed by atoms with Gasteiger partial charge in [-0.2, -0.15) is 0 Å². The Labute approximate surface area is 248 Å². The molecule has 0 radical (unpaired) electrons. The van der Waals surface area contributed by atoms with E-state index in [4.69, 9.17) is 5.84 Å². The molecule has 12 nitrogen and oxygen atoms in total. The molecule has 0 spiro atoms. The van der Waals surface area contributed by atoms with Crippen LogP contribution < -0.4 is 26.4 Å². The van der Waals surface area contributed by atoms with Crippen molar-refractivity contribution in [1.82, 2.24) is 15.2 Å². The molecule has 0 aliphatic carbocycles. The summed E-state index contributed by atoms with van der Waals surface area (Å²) in [5, 5.41) is 12.8. The lowest BCUT2D eigenvalue weighted by atomic mass is 9.99. The molecule has 12 heteroatoms. The van der Waals surface area contributed by atoms with Gasteiger partial charge in [0.15, 0.2) is 0 Å². The minimum absolute atomic E-state index is 0.00971. The molecular formula is C31H33N7O5. The van der Waals surface area contributed by atoms with Gasteiger partial charge >= 0.3 is 12.0 Å². The first-order chi connectivity index (χ1) is 20.7. The van der Waals surface area contributed by atoms with Gasteiger partial charge in [0.1, 0.15) is 0 Å². The summed E-state index contributed by atoms with van der Waals surface area (Å²) in [5.74, 6) is 3.49. The molecule has 5 rings (SSSR count). The van der Waals surface area contributed by atoms with Crippen LogP contribution in [0.4, 0.5) is 21.9 Å². The standard InChI is InChI=1S/C31H33N7O5/c1-35-14-16-37(17-15-35)19-26(39)36(2)23-11-9-22(10-12-23)33-28(20-6-4-3-5-7-20)27-24-13-8-21(30(41)42)18-25(24)38(29(27)40)31(43)34-32/h3-13,18,33H,14-17,19,32H2,1-2H3,(H,34,43)(H,41,42)/b28-27-. The number of nitrogens with one attached hydrogen (secondary N) is 2. The number of imide groups is 1. The molecule has 1 saturated heterocycles. The number of hydrogen-bond donors (Lipinski definition) is 4. The van der Waals surface area contributed by atoms with E-state index in [2.05, 4.69) is 22.2 Å². The average Bonchev–Trinajstić information content (AvgIpc) is 3.31. The molecule has 4 amide bonds. The summed E-state index contributed by atoms with van der Waals surface area (Å²) < 4.78 is 0. The first-order valence-electron chi connectivity index (χ1n) is 13.7. The van der Waals surface area contributed by atoms with E-state index in [1.54, 1.807) is 24.1 Å². The number of benzene rings is 3. The van der Waals surface area contributed by atoms with Crippen LogP contribution in [0.5, 0.6) is 0 Å². The Balaban J connectivity index is 1.47. The lowest BCUT2D eigenvalue weighted by Crippen LogP contribution is -2.48. The minimum atomic E-state index is -1.20. The number of nitrogens with zero attached hydrogens (tertiary/aromatic N) is 4. The van der Waals surface area contributed by atoms with Gasteiger partial charge in [0.2, 0.25) is 5.91 Å². The molecule has 0 saturated carbocycles. The Morgan fingerprint density at radius 3 is 2.23 bits per heavy atom. The fourth-order valence-corrected chi connectivity index (χ4v) is 5.15. The molecule has 2 heterocycles. The Morgan fingerprint density at radius 2 is 1.60 bits per heavy atom. The quantitative estimate of drug-likeness (QED) is 0.142. The number of fused-ring (bicyclic) bond motifs is 1. The summed E-state index contributed by atoms with van der Waals surface area (Å²) in [4.78, 5) is 57.9. The molecule has 0 atom stereocenters. The molecule has 43 heavy (non-hydrogen) atoms. The number of hydrazine groups is 1. The molecule has 222 valence electrons. The zero-order valence-electron chi connectivity index (χ0n) is 23.9. The highest BCUT2D eigenvalue weighted by Gasteiger charge is 2.39. The number of piperazine rings is 1. The summed E-state index contributed by atoms with van der Waals surface area (Å²) in [6.07, 6.45) is 0. The second kappa shape index (κ2) is 12.4. The number of carbonyl (C=O) groups is 4. The fraction of sp³-hybridized carbons (Fsp3) is 0.226. The summed E-state index contributed by atoms with van der Waals surface area (Å²) in [7, 11) is 3.82. The van der Waals surface area contributed by atoms with Gasteiger partial charge < -0.3 is 20.2 Å². The third kappa shape index (κ3) is 6.11. The fourth-order valence-electron chi connectivity index (χ4n) is 5.15. The maximum Gasteiger partial charge on any atom is 0.343 e. The van der Waals surface area contributed by atoms with Crippen molar-refractivity contribution in [2.45, 2.75) is 0 Å².